The van der Waals surface area contributed by atoms with E-state index >= 15 is 0 Å². The third-order valence-corrected chi connectivity index (χ3v) is 2.92. The monoisotopic (exact) mass is 238 g/mol. The van der Waals surface area contributed by atoms with Crippen LogP contribution in [0.15, 0.2) is 18.2 Å². The second kappa shape index (κ2) is 4.44. The van der Waals surface area contributed by atoms with Crippen molar-refractivity contribution >= 4 is 22.5 Å². The number of benzene rings is 1. The number of aromatic nitrogens is 2. The predicted octanol–water partition coefficient (Wildman–Crippen LogP) is 2.81. The van der Waals surface area contributed by atoms with Gasteiger partial charge < -0.3 is 5.11 Å². The van der Waals surface area contributed by atoms with Gasteiger partial charge in [0.05, 0.1) is 16.2 Å². The van der Waals surface area contributed by atoms with Crippen molar-refractivity contribution in [2.45, 2.75) is 26.3 Å². The Morgan fingerprint density at radius 3 is 2.81 bits per heavy atom. The van der Waals surface area contributed by atoms with Crippen LogP contribution in [0.2, 0.25) is 5.02 Å². The molecule has 1 heterocycles. The first-order valence-electron chi connectivity index (χ1n) is 5.41. The van der Waals surface area contributed by atoms with Crippen LogP contribution in [0.25, 0.3) is 10.9 Å². The molecule has 0 radical (unpaired) electrons. The Bertz CT molecular complexity index is 505. The lowest BCUT2D eigenvalue weighted by molar-refractivity contribution is 0.294. The summed E-state index contributed by atoms with van der Waals surface area (Å²) in [5.41, 5.74) is 1.91. The highest BCUT2D eigenvalue weighted by molar-refractivity contribution is 6.35. The minimum Gasteiger partial charge on any atom is -0.396 e. The van der Waals surface area contributed by atoms with Crippen molar-refractivity contribution in [2.75, 3.05) is 6.61 Å². The summed E-state index contributed by atoms with van der Waals surface area (Å²) in [5.74, 6) is 0. The van der Waals surface area contributed by atoms with E-state index in [4.69, 9.17) is 16.7 Å². The predicted molar refractivity (Wildman–Crippen MR) is 65.9 cm³/mol. The summed E-state index contributed by atoms with van der Waals surface area (Å²) < 4.78 is 1.94. The van der Waals surface area contributed by atoms with Crippen molar-refractivity contribution in [1.29, 1.82) is 0 Å². The lowest BCUT2D eigenvalue weighted by Gasteiger charge is -2.10. The lowest BCUT2D eigenvalue weighted by atomic mass is 10.1. The van der Waals surface area contributed by atoms with E-state index in [-0.39, 0.29) is 12.6 Å². The fourth-order valence-corrected chi connectivity index (χ4v) is 2.22. The van der Waals surface area contributed by atoms with Gasteiger partial charge in [-0.2, -0.15) is 5.10 Å². The number of nitrogens with zero attached hydrogens (tertiary/aromatic N) is 2. The van der Waals surface area contributed by atoms with Crippen molar-refractivity contribution in [3.8, 4) is 0 Å². The smallest absolute Gasteiger partial charge is 0.0941 e. The summed E-state index contributed by atoms with van der Waals surface area (Å²) in [6.07, 6.45) is 0.582. The molecule has 0 unspecified atom stereocenters. The fraction of sp³-hybridized carbons (Fsp3) is 0.417. The number of aliphatic hydroxyl groups is 1. The van der Waals surface area contributed by atoms with E-state index in [2.05, 4.69) is 18.9 Å². The van der Waals surface area contributed by atoms with Crippen molar-refractivity contribution in [3.05, 3.63) is 28.9 Å². The number of hydrogen-bond acceptors (Lipinski definition) is 2. The number of hydrogen-bond donors (Lipinski definition) is 1. The van der Waals surface area contributed by atoms with Gasteiger partial charge in [-0.25, -0.2) is 0 Å². The topological polar surface area (TPSA) is 38.0 Å². The molecule has 16 heavy (non-hydrogen) atoms. The Morgan fingerprint density at radius 2 is 2.19 bits per heavy atom. The molecule has 3 nitrogen and oxygen atoms in total. The Balaban J connectivity index is 2.72. The molecule has 0 fully saturated rings. The first-order valence-corrected chi connectivity index (χ1v) is 5.79. The third-order valence-electron chi connectivity index (χ3n) is 2.61. The van der Waals surface area contributed by atoms with Gasteiger partial charge in [-0.1, -0.05) is 17.7 Å². The van der Waals surface area contributed by atoms with Gasteiger partial charge in [0.1, 0.15) is 0 Å². The Morgan fingerprint density at radius 1 is 1.44 bits per heavy atom. The lowest BCUT2D eigenvalue weighted by Crippen LogP contribution is -2.08. The molecule has 0 saturated heterocycles. The number of rotatable bonds is 3. The summed E-state index contributed by atoms with van der Waals surface area (Å²) in [7, 11) is 0. The van der Waals surface area contributed by atoms with E-state index in [1.54, 1.807) is 0 Å². The van der Waals surface area contributed by atoms with E-state index in [0.29, 0.717) is 11.4 Å². The molecule has 0 spiro atoms. The SMILES string of the molecule is CC(C)n1nc2cccc(Cl)c2c1CCO. The molecular weight excluding hydrogens is 224 g/mol. The molecule has 4 heteroatoms. The molecular formula is C12H15ClN2O. The first kappa shape index (κ1) is 11.4. The molecule has 2 aromatic rings. The minimum atomic E-state index is 0.110. The summed E-state index contributed by atoms with van der Waals surface area (Å²) in [4.78, 5) is 0. The van der Waals surface area contributed by atoms with Crippen LogP contribution in [-0.2, 0) is 6.42 Å². The van der Waals surface area contributed by atoms with Gasteiger partial charge in [-0.15, -0.1) is 0 Å². The Kier molecular flexibility index (Phi) is 3.17. The van der Waals surface area contributed by atoms with Crippen molar-refractivity contribution in [3.63, 3.8) is 0 Å². The zero-order valence-corrected chi connectivity index (χ0v) is 10.2. The van der Waals surface area contributed by atoms with Gasteiger partial charge in [-0.3, -0.25) is 4.68 Å². The maximum atomic E-state index is 9.11. The van der Waals surface area contributed by atoms with Crippen LogP contribution >= 0.6 is 11.6 Å². The van der Waals surface area contributed by atoms with E-state index in [9.17, 15) is 0 Å². The summed E-state index contributed by atoms with van der Waals surface area (Å²) >= 11 is 6.18. The third kappa shape index (κ3) is 1.81. The first-order chi connectivity index (χ1) is 7.65. The number of halogens is 1. The van der Waals surface area contributed by atoms with Crippen LogP contribution in [0.4, 0.5) is 0 Å². The Hall–Kier alpha value is -1.06. The molecule has 1 N–H and O–H groups in total. The summed E-state index contributed by atoms with van der Waals surface area (Å²) in [6, 6.07) is 5.97. The number of aliphatic hydroxyl groups excluding tert-OH is 1. The average molecular weight is 239 g/mol. The van der Waals surface area contributed by atoms with Crippen LogP contribution < -0.4 is 0 Å². The molecule has 0 aliphatic carbocycles. The second-order valence-electron chi connectivity index (χ2n) is 4.09. The number of fused-ring (bicyclic) bond motifs is 1. The molecule has 0 bridgehead atoms. The van der Waals surface area contributed by atoms with Crippen molar-refractivity contribution in [1.82, 2.24) is 9.78 Å². The molecule has 1 aromatic heterocycles. The minimum absolute atomic E-state index is 0.110. The van der Waals surface area contributed by atoms with Crippen LogP contribution in [0.5, 0.6) is 0 Å². The van der Waals surface area contributed by atoms with Gasteiger partial charge in [0.25, 0.3) is 0 Å². The standard InChI is InChI=1S/C12H15ClN2O/c1-8(2)15-11(6-7-16)12-9(13)4-3-5-10(12)14-15/h3-5,8,16H,6-7H2,1-2H3. The maximum Gasteiger partial charge on any atom is 0.0941 e. The maximum absolute atomic E-state index is 9.11. The second-order valence-corrected chi connectivity index (χ2v) is 4.50. The zero-order valence-electron chi connectivity index (χ0n) is 9.44. The van der Waals surface area contributed by atoms with Crippen LogP contribution in [0.3, 0.4) is 0 Å². The highest BCUT2D eigenvalue weighted by Crippen LogP contribution is 2.28. The van der Waals surface area contributed by atoms with E-state index < -0.39 is 0 Å². The average Bonchev–Trinajstić information content (AvgIpc) is 2.59. The van der Waals surface area contributed by atoms with E-state index in [0.717, 1.165) is 16.6 Å². The van der Waals surface area contributed by atoms with Gasteiger partial charge in [0.2, 0.25) is 0 Å². The van der Waals surface area contributed by atoms with Crippen LogP contribution in [-0.4, -0.2) is 21.5 Å². The van der Waals surface area contributed by atoms with Gasteiger partial charge in [0.15, 0.2) is 0 Å². The molecule has 0 saturated carbocycles. The fourth-order valence-electron chi connectivity index (χ4n) is 1.95. The van der Waals surface area contributed by atoms with Gasteiger partial charge >= 0.3 is 0 Å². The van der Waals surface area contributed by atoms with E-state index in [1.807, 2.05) is 22.9 Å². The van der Waals surface area contributed by atoms with E-state index in [1.165, 1.54) is 0 Å². The van der Waals surface area contributed by atoms with Gasteiger partial charge in [0, 0.05) is 24.5 Å². The van der Waals surface area contributed by atoms with Crippen molar-refractivity contribution < 1.29 is 5.11 Å². The molecule has 0 aliphatic rings. The van der Waals surface area contributed by atoms with Crippen LogP contribution in [0, 0.1) is 0 Å². The highest BCUT2D eigenvalue weighted by atomic mass is 35.5. The molecule has 86 valence electrons. The highest BCUT2D eigenvalue weighted by Gasteiger charge is 2.14. The summed E-state index contributed by atoms with van der Waals surface area (Å²) in [5, 5.41) is 15.3. The van der Waals surface area contributed by atoms with Crippen molar-refractivity contribution in [2.24, 2.45) is 0 Å². The van der Waals surface area contributed by atoms with Crippen LogP contribution in [0.1, 0.15) is 25.6 Å². The Labute approximate surface area is 99.6 Å². The molecule has 2 rings (SSSR count). The largest absolute Gasteiger partial charge is 0.396 e. The summed E-state index contributed by atoms with van der Waals surface area (Å²) in [6.45, 7) is 4.25. The van der Waals surface area contributed by atoms with Gasteiger partial charge in [-0.05, 0) is 26.0 Å². The molecule has 0 atom stereocenters. The normalized spacial score (nSPS) is 11.6. The quantitative estimate of drug-likeness (QED) is 0.893. The zero-order chi connectivity index (χ0) is 11.7. The molecule has 0 amide bonds. The molecule has 0 aliphatic heterocycles. The molecule has 1 aromatic carbocycles.